The van der Waals surface area contributed by atoms with Crippen LogP contribution in [0.1, 0.15) is 0 Å². The van der Waals surface area contributed by atoms with Crippen LogP contribution in [-0.4, -0.2) is 41.8 Å². The Bertz CT molecular complexity index is 160. The SMILES string of the molecule is CO[Si]C=C[Si](C)(C)C=C[Si]OC. The fourth-order valence-electron chi connectivity index (χ4n) is 0.689. The van der Waals surface area contributed by atoms with Crippen molar-refractivity contribution < 1.29 is 8.85 Å². The summed E-state index contributed by atoms with van der Waals surface area (Å²) in [6, 6.07) is 0. The molecule has 0 heterocycles. The summed E-state index contributed by atoms with van der Waals surface area (Å²) in [6.45, 7) is 4.58. The number of rotatable bonds is 6. The van der Waals surface area contributed by atoms with E-state index in [4.69, 9.17) is 8.85 Å². The van der Waals surface area contributed by atoms with Crippen molar-refractivity contribution in [3.63, 3.8) is 0 Å². The molecule has 0 rings (SSSR count). The van der Waals surface area contributed by atoms with Crippen LogP contribution in [0.2, 0.25) is 13.1 Å². The molecule has 0 bridgehead atoms. The third-order valence-corrected chi connectivity index (χ3v) is 5.19. The third-order valence-electron chi connectivity index (χ3n) is 1.40. The lowest BCUT2D eigenvalue weighted by Gasteiger charge is -2.10. The topological polar surface area (TPSA) is 18.5 Å². The van der Waals surface area contributed by atoms with Crippen LogP contribution < -0.4 is 0 Å². The second-order valence-corrected chi connectivity index (χ2v) is 9.40. The summed E-state index contributed by atoms with van der Waals surface area (Å²) in [5, 5.41) is 0. The van der Waals surface area contributed by atoms with E-state index in [1.54, 1.807) is 14.2 Å². The molecule has 0 aromatic carbocycles. The molecule has 2 nitrogen and oxygen atoms in total. The number of hydrogen-bond acceptors (Lipinski definition) is 2. The van der Waals surface area contributed by atoms with Crippen LogP contribution in [0.15, 0.2) is 22.8 Å². The van der Waals surface area contributed by atoms with Crippen molar-refractivity contribution in [2.45, 2.75) is 13.1 Å². The lowest BCUT2D eigenvalue weighted by atomic mass is 11.2. The van der Waals surface area contributed by atoms with Gasteiger partial charge in [-0.05, 0) is 0 Å². The highest BCUT2D eigenvalue weighted by Gasteiger charge is 2.11. The summed E-state index contributed by atoms with van der Waals surface area (Å²) in [5.41, 5.74) is 8.80. The van der Waals surface area contributed by atoms with E-state index < -0.39 is 8.07 Å². The Morgan fingerprint density at radius 3 is 1.62 bits per heavy atom. The van der Waals surface area contributed by atoms with Crippen LogP contribution in [0.3, 0.4) is 0 Å². The van der Waals surface area contributed by atoms with E-state index in [1.165, 1.54) is 0 Å². The summed E-state index contributed by atoms with van der Waals surface area (Å²) in [5.74, 6) is 0. The van der Waals surface area contributed by atoms with Crippen LogP contribution >= 0.6 is 0 Å². The maximum Gasteiger partial charge on any atom is 0.259 e. The highest BCUT2D eigenvalue weighted by atomic mass is 28.3. The van der Waals surface area contributed by atoms with Gasteiger partial charge in [0.2, 0.25) is 0 Å². The van der Waals surface area contributed by atoms with Gasteiger partial charge < -0.3 is 8.85 Å². The van der Waals surface area contributed by atoms with Crippen LogP contribution in [0.25, 0.3) is 0 Å². The van der Waals surface area contributed by atoms with Gasteiger partial charge in [0.05, 0.1) is 8.07 Å². The Labute approximate surface area is 86.9 Å². The smallest absolute Gasteiger partial charge is 0.259 e. The van der Waals surface area contributed by atoms with Crippen LogP contribution in [0, 0.1) is 0 Å². The molecule has 0 aromatic heterocycles. The molecule has 4 radical (unpaired) electrons. The molecule has 0 spiro atoms. The van der Waals surface area contributed by atoms with Gasteiger partial charge in [-0.3, -0.25) is 0 Å². The summed E-state index contributed by atoms with van der Waals surface area (Å²) < 4.78 is 9.96. The van der Waals surface area contributed by atoms with Crippen molar-refractivity contribution in [3.05, 3.63) is 22.8 Å². The monoisotopic (exact) mass is 228 g/mol. The summed E-state index contributed by atoms with van der Waals surface area (Å²) in [7, 11) is 3.13. The van der Waals surface area contributed by atoms with Crippen LogP contribution in [0.5, 0.6) is 0 Å². The molecule has 0 amide bonds. The molecular weight excluding hydrogens is 212 g/mol. The molecule has 5 heteroatoms. The molecule has 0 saturated heterocycles. The van der Waals surface area contributed by atoms with Crippen molar-refractivity contribution >= 4 is 27.6 Å². The largest absolute Gasteiger partial charge is 0.415 e. The first-order valence-electron chi connectivity index (χ1n) is 4.05. The molecule has 0 fully saturated rings. The van der Waals surface area contributed by atoms with E-state index in [-0.39, 0.29) is 0 Å². The van der Waals surface area contributed by atoms with Crippen molar-refractivity contribution in [2.75, 3.05) is 14.2 Å². The quantitative estimate of drug-likeness (QED) is 0.639. The second kappa shape index (κ2) is 7.45. The molecule has 13 heavy (non-hydrogen) atoms. The standard InChI is InChI=1S/C8H16O2Si3/c1-9-11-5-7-13(3,4)8-6-12-10-2/h5-8H,1-4H3. The van der Waals surface area contributed by atoms with Gasteiger partial charge in [-0.15, -0.1) is 0 Å². The van der Waals surface area contributed by atoms with E-state index in [9.17, 15) is 0 Å². The molecule has 0 aliphatic rings. The Balaban J connectivity index is 3.91. The first-order chi connectivity index (χ1) is 6.12. The maximum absolute atomic E-state index is 4.98. The van der Waals surface area contributed by atoms with E-state index in [0.717, 1.165) is 0 Å². The zero-order chi connectivity index (χ0) is 10.2. The molecule has 0 unspecified atom stereocenters. The van der Waals surface area contributed by atoms with Gasteiger partial charge in [-0.2, -0.15) is 0 Å². The number of hydrogen-bond donors (Lipinski definition) is 0. The minimum absolute atomic E-state index is 0.485. The molecular formula is C8H16O2Si3. The Hall–Kier alpha value is 0.0506. The summed E-state index contributed by atoms with van der Waals surface area (Å²) in [4.78, 5) is 0. The molecule has 0 N–H and O–H groups in total. The van der Waals surface area contributed by atoms with Crippen molar-refractivity contribution in [2.24, 2.45) is 0 Å². The van der Waals surface area contributed by atoms with Gasteiger partial charge in [0, 0.05) is 14.2 Å². The first kappa shape index (κ1) is 13.1. The van der Waals surface area contributed by atoms with E-state index in [0.29, 0.717) is 19.5 Å². The lowest BCUT2D eigenvalue weighted by Crippen LogP contribution is -2.20. The fraction of sp³-hybridized carbons (Fsp3) is 0.500. The van der Waals surface area contributed by atoms with Crippen LogP contribution in [0.4, 0.5) is 0 Å². The zero-order valence-electron chi connectivity index (χ0n) is 8.63. The summed E-state index contributed by atoms with van der Waals surface area (Å²) in [6.07, 6.45) is 0. The van der Waals surface area contributed by atoms with E-state index in [2.05, 4.69) is 35.9 Å². The lowest BCUT2D eigenvalue weighted by molar-refractivity contribution is 0.449. The molecule has 0 atom stereocenters. The van der Waals surface area contributed by atoms with Gasteiger partial charge in [-0.25, -0.2) is 0 Å². The molecule has 0 saturated carbocycles. The molecule has 72 valence electrons. The minimum atomic E-state index is -1.29. The molecule has 0 aliphatic carbocycles. The van der Waals surface area contributed by atoms with Gasteiger partial charge in [0.25, 0.3) is 19.5 Å². The predicted octanol–water partition coefficient (Wildman–Crippen LogP) is 1.33. The Morgan fingerprint density at radius 1 is 0.923 bits per heavy atom. The zero-order valence-corrected chi connectivity index (χ0v) is 11.6. The average molecular weight is 228 g/mol. The maximum atomic E-state index is 4.98. The fourth-order valence-corrected chi connectivity index (χ4v) is 5.05. The summed E-state index contributed by atoms with van der Waals surface area (Å²) >= 11 is 0. The van der Waals surface area contributed by atoms with E-state index >= 15 is 0 Å². The highest BCUT2D eigenvalue weighted by molar-refractivity contribution is 6.87. The van der Waals surface area contributed by atoms with Gasteiger partial charge in [0.15, 0.2) is 0 Å². The second-order valence-electron chi connectivity index (χ2n) is 3.13. The van der Waals surface area contributed by atoms with Gasteiger partial charge >= 0.3 is 0 Å². The molecule has 0 aromatic rings. The Morgan fingerprint density at radius 2 is 1.31 bits per heavy atom. The predicted molar refractivity (Wildman–Crippen MR) is 61.3 cm³/mol. The van der Waals surface area contributed by atoms with Crippen molar-refractivity contribution in [3.8, 4) is 0 Å². The molecule has 0 aliphatic heterocycles. The third kappa shape index (κ3) is 8.38. The van der Waals surface area contributed by atoms with Crippen LogP contribution in [-0.2, 0) is 8.85 Å². The van der Waals surface area contributed by atoms with Gasteiger partial charge in [-0.1, -0.05) is 35.9 Å². The van der Waals surface area contributed by atoms with Crippen molar-refractivity contribution in [1.82, 2.24) is 0 Å². The normalized spacial score (nSPS) is 13.2. The van der Waals surface area contributed by atoms with Crippen molar-refractivity contribution in [1.29, 1.82) is 0 Å². The average Bonchev–Trinajstić information content (AvgIpc) is 2.05. The minimum Gasteiger partial charge on any atom is -0.415 e. The van der Waals surface area contributed by atoms with E-state index in [1.807, 2.05) is 0 Å². The van der Waals surface area contributed by atoms with Gasteiger partial charge in [0.1, 0.15) is 0 Å². The highest BCUT2D eigenvalue weighted by Crippen LogP contribution is 2.04. The first-order valence-corrected chi connectivity index (χ1v) is 9.17. The Kier molecular flexibility index (Phi) is 7.48.